The molecule has 4 heteroatoms. The van der Waals surface area contributed by atoms with Crippen LogP contribution < -0.4 is 14.8 Å². The lowest BCUT2D eigenvalue weighted by atomic mass is 10.1. The molecule has 0 aliphatic heterocycles. The van der Waals surface area contributed by atoms with Crippen LogP contribution in [-0.2, 0) is 11.2 Å². The maximum atomic E-state index is 12.3. The molecule has 0 bridgehead atoms. The molecule has 0 saturated carbocycles. The molecule has 2 aromatic carbocycles. The van der Waals surface area contributed by atoms with Gasteiger partial charge in [-0.1, -0.05) is 25.1 Å². The summed E-state index contributed by atoms with van der Waals surface area (Å²) in [6, 6.07) is 15.1. The van der Waals surface area contributed by atoms with E-state index < -0.39 is 6.10 Å². The molecule has 0 aliphatic rings. The van der Waals surface area contributed by atoms with Crippen LogP contribution in [0.1, 0.15) is 26.3 Å². The Labute approximate surface area is 137 Å². The second kappa shape index (κ2) is 8.22. The molecule has 0 radical (unpaired) electrons. The van der Waals surface area contributed by atoms with Crippen molar-refractivity contribution in [3.63, 3.8) is 0 Å². The van der Waals surface area contributed by atoms with Crippen LogP contribution in [0, 0.1) is 0 Å². The number of hydrogen-bond donors (Lipinski definition) is 1. The second-order valence-electron chi connectivity index (χ2n) is 5.17. The summed E-state index contributed by atoms with van der Waals surface area (Å²) in [5.41, 5.74) is 1.81. The Morgan fingerprint density at radius 1 is 1.09 bits per heavy atom. The van der Waals surface area contributed by atoms with Crippen molar-refractivity contribution >= 4 is 11.6 Å². The Morgan fingerprint density at radius 3 is 2.43 bits per heavy atom. The third-order valence-electron chi connectivity index (χ3n) is 3.46. The number of benzene rings is 2. The summed E-state index contributed by atoms with van der Waals surface area (Å²) in [7, 11) is 0. The molecule has 2 rings (SSSR count). The van der Waals surface area contributed by atoms with Gasteiger partial charge in [-0.25, -0.2) is 0 Å². The summed E-state index contributed by atoms with van der Waals surface area (Å²) in [5, 5.41) is 2.85. The first-order chi connectivity index (χ1) is 11.1. The molecule has 0 fully saturated rings. The molecule has 122 valence electrons. The van der Waals surface area contributed by atoms with Gasteiger partial charge in [-0.15, -0.1) is 0 Å². The first kappa shape index (κ1) is 16.9. The van der Waals surface area contributed by atoms with Crippen molar-refractivity contribution in [2.75, 3.05) is 11.9 Å². The Balaban J connectivity index is 1.97. The number of rotatable bonds is 7. The van der Waals surface area contributed by atoms with Crippen LogP contribution in [0.15, 0.2) is 48.5 Å². The molecule has 4 nitrogen and oxygen atoms in total. The van der Waals surface area contributed by atoms with E-state index in [-0.39, 0.29) is 5.91 Å². The third kappa shape index (κ3) is 4.74. The Kier molecular flexibility index (Phi) is 6.03. The van der Waals surface area contributed by atoms with Gasteiger partial charge in [0.1, 0.15) is 11.5 Å². The van der Waals surface area contributed by atoms with Gasteiger partial charge in [0.25, 0.3) is 5.91 Å². The van der Waals surface area contributed by atoms with Crippen LogP contribution in [0.2, 0.25) is 0 Å². The van der Waals surface area contributed by atoms with Crippen molar-refractivity contribution in [1.82, 2.24) is 0 Å². The zero-order valence-electron chi connectivity index (χ0n) is 13.8. The van der Waals surface area contributed by atoms with E-state index in [0.717, 1.165) is 29.2 Å². The van der Waals surface area contributed by atoms with E-state index in [1.807, 2.05) is 55.5 Å². The average molecular weight is 313 g/mol. The largest absolute Gasteiger partial charge is 0.494 e. The maximum Gasteiger partial charge on any atom is 0.265 e. The van der Waals surface area contributed by atoms with Gasteiger partial charge in [0.15, 0.2) is 6.10 Å². The number of aryl methyl sites for hydroxylation is 1. The average Bonchev–Trinajstić information content (AvgIpc) is 2.57. The fraction of sp³-hybridized carbons (Fsp3) is 0.316. The summed E-state index contributed by atoms with van der Waals surface area (Å²) >= 11 is 0. The number of carbonyl (C=O) groups is 1. The molecule has 0 aromatic heterocycles. The molecule has 2 aromatic rings. The van der Waals surface area contributed by atoms with Crippen molar-refractivity contribution in [3.05, 3.63) is 54.1 Å². The summed E-state index contributed by atoms with van der Waals surface area (Å²) in [4.78, 5) is 12.3. The van der Waals surface area contributed by atoms with Crippen molar-refractivity contribution in [1.29, 1.82) is 0 Å². The Bertz CT molecular complexity index is 637. The van der Waals surface area contributed by atoms with E-state index in [2.05, 4.69) is 12.2 Å². The number of anilines is 1. The molecule has 0 saturated heterocycles. The fourth-order valence-electron chi connectivity index (χ4n) is 2.20. The van der Waals surface area contributed by atoms with E-state index in [1.54, 1.807) is 6.92 Å². The molecule has 1 atom stereocenters. The van der Waals surface area contributed by atoms with E-state index in [9.17, 15) is 4.79 Å². The van der Waals surface area contributed by atoms with Gasteiger partial charge >= 0.3 is 0 Å². The first-order valence-corrected chi connectivity index (χ1v) is 7.92. The van der Waals surface area contributed by atoms with Crippen LogP contribution in [0.25, 0.3) is 0 Å². The summed E-state index contributed by atoms with van der Waals surface area (Å²) in [6.07, 6.45) is 0.290. The van der Waals surface area contributed by atoms with E-state index in [4.69, 9.17) is 9.47 Å². The van der Waals surface area contributed by atoms with E-state index in [1.165, 1.54) is 0 Å². The molecule has 0 heterocycles. The van der Waals surface area contributed by atoms with Crippen LogP contribution in [-0.4, -0.2) is 18.6 Å². The third-order valence-corrected chi connectivity index (χ3v) is 3.46. The summed E-state index contributed by atoms with van der Waals surface area (Å²) in [5.74, 6) is 1.36. The minimum atomic E-state index is -0.575. The Morgan fingerprint density at radius 2 is 1.78 bits per heavy atom. The molecule has 1 amide bonds. The lowest BCUT2D eigenvalue weighted by molar-refractivity contribution is -0.122. The van der Waals surface area contributed by atoms with Gasteiger partial charge in [-0.2, -0.15) is 0 Å². The standard InChI is InChI=1S/C19H23NO3/c1-4-15-8-6-7-9-18(15)23-14(3)19(21)20-16-10-12-17(13-11-16)22-5-2/h6-14H,4-5H2,1-3H3,(H,20,21)/t14-/m0/s1. The lowest BCUT2D eigenvalue weighted by Gasteiger charge is -2.17. The lowest BCUT2D eigenvalue weighted by Crippen LogP contribution is -2.30. The van der Waals surface area contributed by atoms with Crippen LogP contribution in [0.4, 0.5) is 5.69 Å². The number of amides is 1. The number of hydrogen-bond acceptors (Lipinski definition) is 3. The van der Waals surface area contributed by atoms with Crippen LogP contribution >= 0.6 is 0 Å². The van der Waals surface area contributed by atoms with Crippen LogP contribution in [0.5, 0.6) is 11.5 Å². The minimum Gasteiger partial charge on any atom is -0.494 e. The van der Waals surface area contributed by atoms with Gasteiger partial charge in [0, 0.05) is 5.69 Å². The maximum absolute atomic E-state index is 12.3. The predicted molar refractivity (Wildman–Crippen MR) is 92.2 cm³/mol. The first-order valence-electron chi connectivity index (χ1n) is 7.92. The van der Waals surface area contributed by atoms with Crippen molar-refractivity contribution in [2.45, 2.75) is 33.3 Å². The number of para-hydroxylation sites is 1. The normalized spacial score (nSPS) is 11.6. The zero-order valence-corrected chi connectivity index (χ0v) is 13.8. The smallest absolute Gasteiger partial charge is 0.265 e. The molecular weight excluding hydrogens is 290 g/mol. The highest BCUT2D eigenvalue weighted by atomic mass is 16.5. The number of carbonyl (C=O) groups excluding carboxylic acids is 1. The second-order valence-corrected chi connectivity index (χ2v) is 5.17. The monoisotopic (exact) mass is 313 g/mol. The van der Waals surface area contributed by atoms with Gasteiger partial charge in [-0.3, -0.25) is 4.79 Å². The Hall–Kier alpha value is -2.49. The molecular formula is C19H23NO3. The summed E-state index contributed by atoms with van der Waals surface area (Å²) < 4.78 is 11.2. The zero-order chi connectivity index (χ0) is 16.7. The van der Waals surface area contributed by atoms with E-state index >= 15 is 0 Å². The van der Waals surface area contributed by atoms with Crippen molar-refractivity contribution in [2.24, 2.45) is 0 Å². The van der Waals surface area contributed by atoms with Gasteiger partial charge in [0.05, 0.1) is 6.61 Å². The quantitative estimate of drug-likeness (QED) is 0.838. The molecule has 0 aliphatic carbocycles. The number of nitrogens with one attached hydrogen (secondary N) is 1. The predicted octanol–water partition coefficient (Wildman–Crippen LogP) is 4.05. The molecule has 23 heavy (non-hydrogen) atoms. The highest BCUT2D eigenvalue weighted by Gasteiger charge is 2.16. The SMILES string of the molecule is CCOc1ccc(NC(=O)[C@H](C)Oc2ccccc2CC)cc1. The van der Waals surface area contributed by atoms with Crippen molar-refractivity contribution < 1.29 is 14.3 Å². The highest BCUT2D eigenvalue weighted by molar-refractivity contribution is 5.94. The summed E-state index contributed by atoms with van der Waals surface area (Å²) in [6.45, 7) is 6.36. The topological polar surface area (TPSA) is 47.6 Å². The van der Waals surface area contributed by atoms with Crippen LogP contribution in [0.3, 0.4) is 0 Å². The highest BCUT2D eigenvalue weighted by Crippen LogP contribution is 2.20. The number of ether oxygens (including phenoxy) is 2. The fourth-order valence-corrected chi connectivity index (χ4v) is 2.20. The van der Waals surface area contributed by atoms with Gasteiger partial charge in [0.2, 0.25) is 0 Å². The molecule has 0 spiro atoms. The minimum absolute atomic E-state index is 0.180. The van der Waals surface area contributed by atoms with Gasteiger partial charge in [-0.05, 0) is 56.2 Å². The molecule has 0 unspecified atom stereocenters. The van der Waals surface area contributed by atoms with Gasteiger partial charge < -0.3 is 14.8 Å². The van der Waals surface area contributed by atoms with E-state index in [0.29, 0.717) is 6.61 Å². The van der Waals surface area contributed by atoms with Crippen molar-refractivity contribution in [3.8, 4) is 11.5 Å². The molecule has 1 N–H and O–H groups in total.